The second kappa shape index (κ2) is 7.42. The highest BCUT2D eigenvalue weighted by Gasteiger charge is 2.06. The summed E-state index contributed by atoms with van der Waals surface area (Å²) in [6.45, 7) is 10.2. The zero-order valence-corrected chi connectivity index (χ0v) is 9.34. The fourth-order valence-corrected chi connectivity index (χ4v) is 0.790. The number of hydrogen-bond acceptors (Lipinski definition) is 3. The quantitative estimate of drug-likeness (QED) is 0.360. The van der Waals surface area contributed by atoms with Crippen molar-refractivity contribution in [2.24, 2.45) is 5.92 Å². The molecule has 82 valence electrons. The van der Waals surface area contributed by atoms with E-state index in [0.717, 1.165) is 18.6 Å². The van der Waals surface area contributed by atoms with Crippen molar-refractivity contribution in [1.82, 2.24) is 0 Å². The van der Waals surface area contributed by atoms with Crippen LogP contribution in [-0.2, 0) is 14.3 Å². The van der Waals surface area contributed by atoms with Gasteiger partial charge in [0.25, 0.3) is 0 Å². The summed E-state index contributed by atoms with van der Waals surface area (Å²) in [5, 5.41) is 0. The van der Waals surface area contributed by atoms with Gasteiger partial charge < -0.3 is 9.47 Å². The monoisotopic (exact) mass is 200 g/mol. The second-order valence-electron chi connectivity index (χ2n) is 3.58. The highest BCUT2D eigenvalue weighted by atomic mass is 16.5. The third-order valence-electron chi connectivity index (χ3n) is 1.60. The van der Waals surface area contributed by atoms with E-state index in [1.807, 2.05) is 20.8 Å². The Bertz CT molecular complexity index is 185. The van der Waals surface area contributed by atoms with E-state index in [1.54, 1.807) is 0 Å². The van der Waals surface area contributed by atoms with Gasteiger partial charge in [-0.2, -0.15) is 0 Å². The molecular formula is C11H20O3. The van der Waals surface area contributed by atoms with E-state index in [1.165, 1.54) is 0 Å². The zero-order valence-electron chi connectivity index (χ0n) is 9.34. The molecule has 3 nitrogen and oxygen atoms in total. The average molecular weight is 200 g/mol. The van der Waals surface area contributed by atoms with Gasteiger partial charge in [-0.3, -0.25) is 4.79 Å². The highest BCUT2D eigenvalue weighted by molar-refractivity contribution is 5.71. The van der Waals surface area contributed by atoms with Crippen LogP contribution in [0.1, 0.15) is 33.6 Å². The van der Waals surface area contributed by atoms with Crippen LogP contribution in [0, 0.1) is 5.92 Å². The molecule has 0 unspecified atom stereocenters. The number of allylic oxidation sites excluding steroid dienone is 1. The van der Waals surface area contributed by atoms with Crippen molar-refractivity contribution < 1.29 is 14.3 Å². The van der Waals surface area contributed by atoms with Gasteiger partial charge in [-0.15, -0.1) is 0 Å². The molecule has 0 rings (SSSR count). The molecule has 0 aliphatic rings. The van der Waals surface area contributed by atoms with Crippen LogP contribution in [0.5, 0.6) is 0 Å². The molecule has 0 bridgehead atoms. The summed E-state index contributed by atoms with van der Waals surface area (Å²) in [6.07, 6.45) is 1.73. The summed E-state index contributed by atoms with van der Waals surface area (Å²) in [5.74, 6) is 0.552. The van der Waals surface area contributed by atoms with Crippen molar-refractivity contribution in [3.05, 3.63) is 12.3 Å². The summed E-state index contributed by atoms with van der Waals surface area (Å²) in [4.78, 5) is 11.0. The Labute approximate surface area is 86.1 Å². The third kappa shape index (κ3) is 7.65. The predicted molar refractivity (Wildman–Crippen MR) is 55.8 cm³/mol. The van der Waals surface area contributed by atoms with Gasteiger partial charge in [0.1, 0.15) is 0 Å². The lowest BCUT2D eigenvalue weighted by Crippen LogP contribution is -2.12. The Morgan fingerprint density at radius 1 is 1.21 bits per heavy atom. The summed E-state index contributed by atoms with van der Waals surface area (Å²) >= 11 is 0. The number of carbonyl (C=O) groups is 1. The van der Waals surface area contributed by atoms with Crippen molar-refractivity contribution in [1.29, 1.82) is 0 Å². The van der Waals surface area contributed by atoms with Gasteiger partial charge in [-0.05, 0) is 19.8 Å². The number of rotatable bonds is 7. The lowest BCUT2D eigenvalue weighted by Gasteiger charge is -2.07. The largest absolute Gasteiger partial charge is 0.499 e. The van der Waals surface area contributed by atoms with E-state index in [4.69, 9.17) is 9.47 Å². The van der Waals surface area contributed by atoms with Gasteiger partial charge in [0.2, 0.25) is 0 Å². The average Bonchev–Trinajstić information content (AvgIpc) is 2.09. The first-order valence-corrected chi connectivity index (χ1v) is 4.99. The molecule has 0 aromatic carbocycles. The Hall–Kier alpha value is -0.990. The van der Waals surface area contributed by atoms with Crippen LogP contribution in [0.25, 0.3) is 0 Å². The molecule has 0 atom stereocenters. The van der Waals surface area contributed by atoms with Crippen LogP contribution < -0.4 is 0 Å². The van der Waals surface area contributed by atoms with E-state index in [-0.39, 0.29) is 11.9 Å². The Balaban J connectivity index is 3.22. The van der Waals surface area contributed by atoms with Crippen LogP contribution in [0.2, 0.25) is 0 Å². The van der Waals surface area contributed by atoms with Gasteiger partial charge in [0, 0.05) is 0 Å². The SMILES string of the molecule is C=C(C)OCCCCOC(=O)C(C)C. The minimum absolute atomic E-state index is 0.0401. The van der Waals surface area contributed by atoms with Crippen LogP contribution in [0.3, 0.4) is 0 Å². The fraction of sp³-hybridized carbons (Fsp3) is 0.727. The first kappa shape index (κ1) is 13.0. The summed E-state index contributed by atoms with van der Waals surface area (Å²) in [5.41, 5.74) is 0. The third-order valence-corrected chi connectivity index (χ3v) is 1.60. The first-order valence-electron chi connectivity index (χ1n) is 4.99. The molecule has 0 aromatic heterocycles. The van der Waals surface area contributed by atoms with Gasteiger partial charge in [0.05, 0.1) is 24.9 Å². The summed E-state index contributed by atoms with van der Waals surface area (Å²) in [6, 6.07) is 0. The molecule has 0 amide bonds. The lowest BCUT2D eigenvalue weighted by molar-refractivity contribution is -0.147. The highest BCUT2D eigenvalue weighted by Crippen LogP contribution is 1.99. The lowest BCUT2D eigenvalue weighted by atomic mass is 10.2. The second-order valence-corrected chi connectivity index (χ2v) is 3.58. The minimum atomic E-state index is -0.134. The van der Waals surface area contributed by atoms with Gasteiger partial charge in [0.15, 0.2) is 0 Å². The first-order chi connectivity index (χ1) is 6.54. The molecule has 0 spiro atoms. The molecule has 0 aliphatic carbocycles. The predicted octanol–water partition coefficient (Wildman–Crippen LogP) is 2.52. The van der Waals surface area contributed by atoms with E-state index >= 15 is 0 Å². The number of carbonyl (C=O) groups excluding carboxylic acids is 1. The number of esters is 1. The maximum absolute atomic E-state index is 11.0. The molecular weight excluding hydrogens is 180 g/mol. The van der Waals surface area contributed by atoms with Crippen LogP contribution in [-0.4, -0.2) is 19.2 Å². The molecule has 3 heteroatoms. The molecule has 0 aromatic rings. The van der Waals surface area contributed by atoms with Gasteiger partial charge in [-0.1, -0.05) is 20.4 Å². The van der Waals surface area contributed by atoms with Crippen molar-refractivity contribution in [3.8, 4) is 0 Å². The van der Waals surface area contributed by atoms with Crippen LogP contribution in [0.4, 0.5) is 0 Å². The number of ether oxygens (including phenoxy) is 2. The van der Waals surface area contributed by atoms with Crippen molar-refractivity contribution in [3.63, 3.8) is 0 Å². The fourth-order valence-electron chi connectivity index (χ4n) is 0.790. The van der Waals surface area contributed by atoms with Crippen LogP contribution in [0.15, 0.2) is 12.3 Å². The Morgan fingerprint density at radius 2 is 1.71 bits per heavy atom. The summed E-state index contributed by atoms with van der Waals surface area (Å²) in [7, 11) is 0. The Kier molecular flexibility index (Phi) is 6.89. The van der Waals surface area contributed by atoms with E-state index in [0.29, 0.717) is 13.2 Å². The molecule has 0 heterocycles. The Morgan fingerprint density at radius 3 is 2.14 bits per heavy atom. The van der Waals surface area contributed by atoms with Gasteiger partial charge in [-0.25, -0.2) is 0 Å². The molecule has 0 aliphatic heterocycles. The molecule has 0 fully saturated rings. The van der Waals surface area contributed by atoms with Crippen molar-refractivity contribution in [2.45, 2.75) is 33.6 Å². The van der Waals surface area contributed by atoms with Crippen molar-refractivity contribution >= 4 is 5.97 Å². The molecule has 0 saturated heterocycles. The number of hydrogen-bond donors (Lipinski definition) is 0. The molecule has 0 radical (unpaired) electrons. The normalized spacial score (nSPS) is 10.0. The van der Waals surface area contributed by atoms with Gasteiger partial charge >= 0.3 is 5.97 Å². The van der Waals surface area contributed by atoms with Crippen molar-refractivity contribution in [2.75, 3.05) is 13.2 Å². The van der Waals surface area contributed by atoms with E-state index in [9.17, 15) is 4.79 Å². The topological polar surface area (TPSA) is 35.5 Å². The maximum atomic E-state index is 11.0. The molecule has 14 heavy (non-hydrogen) atoms. The summed E-state index contributed by atoms with van der Waals surface area (Å²) < 4.78 is 10.2. The van der Waals surface area contributed by atoms with Crippen LogP contribution >= 0.6 is 0 Å². The van der Waals surface area contributed by atoms with E-state index < -0.39 is 0 Å². The zero-order chi connectivity index (χ0) is 11.0. The standard InChI is InChI=1S/C11H20O3/c1-9(2)11(12)14-8-6-5-7-13-10(3)4/h9H,3,5-8H2,1-2,4H3. The minimum Gasteiger partial charge on any atom is -0.499 e. The smallest absolute Gasteiger partial charge is 0.308 e. The molecule has 0 N–H and O–H groups in total. The maximum Gasteiger partial charge on any atom is 0.308 e. The number of unbranched alkanes of at least 4 members (excludes halogenated alkanes) is 1. The molecule has 0 saturated carbocycles. The van der Waals surface area contributed by atoms with E-state index in [2.05, 4.69) is 6.58 Å².